The smallest absolute Gasteiger partial charge is 0.468 e. The second kappa shape index (κ2) is 9.75. The van der Waals surface area contributed by atoms with Crippen LogP contribution in [0.3, 0.4) is 0 Å². The SMILES string of the molecule is COC(=O)[C@H]([C@@H](C)OC(=O)OC[C@H]1O[C@@](C#N)(c2ccc3c(N)ncnn23)[C@@H]2OC(C)(C)O[C@@H]21)N(C)C. The number of methoxy groups -OCH3 is 1. The van der Waals surface area contributed by atoms with Gasteiger partial charge in [0.2, 0.25) is 5.60 Å². The van der Waals surface area contributed by atoms with Crippen LogP contribution in [0.5, 0.6) is 0 Å². The van der Waals surface area contributed by atoms with Gasteiger partial charge in [-0.15, -0.1) is 0 Å². The third kappa shape index (κ3) is 4.66. The van der Waals surface area contributed by atoms with Crippen LogP contribution in [0.4, 0.5) is 10.6 Å². The minimum absolute atomic E-state index is 0.229. The molecule has 0 aromatic carbocycles. The predicted molar refractivity (Wildman–Crippen MR) is 125 cm³/mol. The average Bonchev–Trinajstić information content (AvgIpc) is 3.48. The van der Waals surface area contributed by atoms with E-state index in [0.717, 1.165) is 0 Å². The summed E-state index contributed by atoms with van der Waals surface area (Å²) >= 11 is 0. The molecule has 0 spiro atoms. The summed E-state index contributed by atoms with van der Waals surface area (Å²) in [5.74, 6) is -1.36. The topological polar surface area (TPSA) is 173 Å². The molecule has 2 aromatic rings. The van der Waals surface area contributed by atoms with Gasteiger partial charge in [-0.3, -0.25) is 9.69 Å². The molecule has 2 aliphatic rings. The highest BCUT2D eigenvalue weighted by molar-refractivity contribution is 5.76. The Balaban J connectivity index is 1.55. The molecule has 2 N–H and O–H groups in total. The molecule has 6 atom stereocenters. The van der Waals surface area contributed by atoms with Gasteiger partial charge >= 0.3 is 12.1 Å². The third-order valence-corrected chi connectivity index (χ3v) is 6.35. The maximum absolute atomic E-state index is 12.5. The fraction of sp³-hybridized carbons (Fsp3) is 0.609. The summed E-state index contributed by atoms with van der Waals surface area (Å²) in [6.07, 6.45) is -3.13. The molecule has 37 heavy (non-hydrogen) atoms. The van der Waals surface area contributed by atoms with Crippen molar-refractivity contribution in [3.8, 4) is 6.07 Å². The molecule has 2 aliphatic heterocycles. The summed E-state index contributed by atoms with van der Waals surface area (Å²) in [5, 5.41) is 14.6. The van der Waals surface area contributed by atoms with Crippen LogP contribution in [0.1, 0.15) is 26.5 Å². The summed E-state index contributed by atoms with van der Waals surface area (Å²) in [5.41, 5.74) is 5.16. The fourth-order valence-electron chi connectivity index (χ4n) is 4.81. The van der Waals surface area contributed by atoms with Crippen LogP contribution < -0.4 is 5.73 Å². The second-order valence-electron chi connectivity index (χ2n) is 9.50. The van der Waals surface area contributed by atoms with Crippen LogP contribution in [0, 0.1) is 11.3 Å². The van der Waals surface area contributed by atoms with Gasteiger partial charge in [-0.1, -0.05) is 0 Å². The normalized spacial score (nSPS) is 27.9. The Morgan fingerprint density at radius 1 is 1.30 bits per heavy atom. The number of carbonyl (C=O) groups is 2. The second-order valence-corrected chi connectivity index (χ2v) is 9.50. The van der Waals surface area contributed by atoms with Gasteiger partial charge < -0.3 is 34.2 Å². The van der Waals surface area contributed by atoms with E-state index in [1.807, 2.05) is 0 Å². The van der Waals surface area contributed by atoms with E-state index in [1.165, 1.54) is 18.0 Å². The molecule has 4 rings (SSSR count). The van der Waals surface area contributed by atoms with Gasteiger partial charge in [-0.25, -0.2) is 14.3 Å². The Morgan fingerprint density at radius 2 is 2.03 bits per heavy atom. The van der Waals surface area contributed by atoms with Crippen molar-refractivity contribution in [3.63, 3.8) is 0 Å². The molecule has 0 bridgehead atoms. The van der Waals surface area contributed by atoms with Gasteiger partial charge in [0, 0.05) is 0 Å². The van der Waals surface area contributed by atoms with Crippen LogP contribution in [0.2, 0.25) is 0 Å². The molecule has 200 valence electrons. The number of ether oxygens (including phenoxy) is 6. The minimum Gasteiger partial charge on any atom is -0.468 e. The number of carbonyl (C=O) groups excluding carboxylic acids is 2. The lowest BCUT2D eigenvalue weighted by Crippen LogP contribution is -2.46. The van der Waals surface area contributed by atoms with Crippen LogP contribution >= 0.6 is 0 Å². The third-order valence-electron chi connectivity index (χ3n) is 6.35. The zero-order valence-electron chi connectivity index (χ0n) is 21.4. The molecule has 4 heterocycles. The highest BCUT2D eigenvalue weighted by Gasteiger charge is 2.65. The van der Waals surface area contributed by atoms with Crippen molar-refractivity contribution in [2.75, 3.05) is 33.5 Å². The summed E-state index contributed by atoms with van der Waals surface area (Å²) < 4.78 is 35.2. The molecule has 0 unspecified atom stereocenters. The van der Waals surface area contributed by atoms with E-state index in [1.54, 1.807) is 51.9 Å². The quantitative estimate of drug-likeness (QED) is 0.505. The van der Waals surface area contributed by atoms with E-state index >= 15 is 0 Å². The molecular weight excluding hydrogens is 488 g/mol. The predicted octanol–water partition coefficient (Wildman–Crippen LogP) is 0.594. The maximum atomic E-state index is 12.5. The van der Waals surface area contributed by atoms with Gasteiger partial charge in [-0.05, 0) is 47.0 Å². The zero-order valence-corrected chi connectivity index (χ0v) is 21.4. The first-order valence-corrected chi connectivity index (χ1v) is 11.5. The maximum Gasteiger partial charge on any atom is 0.508 e. The standard InChI is InChI=1S/C23H30N6O8/c1-12(16(28(4)5)20(30)32-6)34-21(31)33-9-14-17-18(37-22(2,3)36-17)23(10-24,35-14)15-8-7-13-19(25)26-11-27-29(13)15/h7-8,11-12,14,16-18H,9H2,1-6H3,(H2,25,26,27)/t12-,14-,16+,17-,18-,23+/m1/s1. The lowest BCUT2D eigenvalue weighted by Gasteiger charge is -2.29. The van der Waals surface area contributed by atoms with Crippen LogP contribution in [-0.4, -0.2) is 95.7 Å². The van der Waals surface area contributed by atoms with Crippen LogP contribution in [0.25, 0.3) is 5.52 Å². The molecule has 14 heteroatoms. The number of esters is 1. The van der Waals surface area contributed by atoms with E-state index in [4.69, 9.17) is 34.2 Å². The number of hydrogen-bond acceptors (Lipinski definition) is 13. The van der Waals surface area contributed by atoms with E-state index in [0.29, 0.717) is 11.2 Å². The average molecular weight is 519 g/mol. The molecule has 0 amide bonds. The Morgan fingerprint density at radius 3 is 2.68 bits per heavy atom. The van der Waals surface area contributed by atoms with Crippen molar-refractivity contribution in [2.45, 2.75) is 62.6 Å². The summed E-state index contributed by atoms with van der Waals surface area (Å²) in [6, 6.07) is 4.72. The molecule has 2 saturated heterocycles. The number of rotatable bonds is 7. The minimum atomic E-state index is -1.65. The molecule has 0 radical (unpaired) electrons. The van der Waals surface area contributed by atoms with Crippen molar-refractivity contribution < 1.29 is 38.0 Å². The summed E-state index contributed by atoms with van der Waals surface area (Å²) in [6.45, 7) is 4.67. The van der Waals surface area contributed by atoms with E-state index in [2.05, 4.69) is 16.2 Å². The highest BCUT2D eigenvalue weighted by Crippen LogP contribution is 2.49. The van der Waals surface area contributed by atoms with Gasteiger partial charge in [-0.2, -0.15) is 10.4 Å². The van der Waals surface area contributed by atoms with Gasteiger partial charge in [0.1, 0.15) is 55.0 Å². The van der Waals surface area contributed by atoms with Gasteiger partial charge in [0.15, 0.2) is 11.6 Å². The largest absolute Gasteiger partial charge is 0.508 e. The molecule has 14 nitrogen and oxygen atoms in total. The lowest BCUT2D eigenvalue weighted by molar-refractivity contribution is -0.205. The number of fused-ring (bicyclic) bond motifs is 2. The number of nitrogens with zero attached hydrogens (tertiary/aromatic N) is 5. The number of aromatic nitrogens is 3. The number of anilines is 1. The van der Waals surface area contributed by atoms with Crippen LogP contribution in [0.15, 0.2) is 18.5 Å². The Labute approximate surface area is 213 Å². The fourth-order valence-corrected chi connectivity index (χ4v) is 4.81. The number of nitrogen functional groups attached to an aromatic ring is 1. The molecule has 0 aliphatic carbocycles. The first-order chi connectivity index (χ1) is 17.4. The zero-order chi connectivity index (χ0) is 27.1. The first kappa shape index (κ1) is 26.6. The molecule has 2 fully saturated rings. The highest BCUT2D eigenvalue weighted by atomic mass is 16.8. The molecular formula is C23H30N6O8. The van der Waals surface area contributed by atoms with Crippen molar-refractivity contribution in [2.24, 2.45) is 0 Å². The van der Waals surface area contributed by atoms with E-state index < -0.39 is 54.0 Å². The Kier molecular flexibility index (Phi) is 6.99. The van der Waals surface area contributed by atoms with Crippen molar-refractivity contribution in [1.29, 1.82) is 5.26 Å². The summed E-state index contributed by atoms with van der Waals surface area (Å²) in [4.78, 5) is 30.1. The Bertz CT molecular complexity index is 1230. The van der Waals surface area contributed by atoms with Gasteiger partial charge in [0.25, 0.3) is 0 Å². The number of nitriles is 1. The molecule has 2 aromatic heterocycles. The lowest BCUT2D eigenvalue weighted by atomic mass is 9.92. The summed E-state index contributed by atoms with van der Waals surface area (Å²) in [7, 11) is 4.56. The van der Waals surface area contributed by atoms with Gasteiger partial charge in [0.05, 0.1) is 12.8 Å². The number of nitrogens with two attached hydrogens (primary N) is 1. The Hall–Kier alpha value is -3.51. The number of likely N-dealkylation sites (N-methyl/N-ethyl adjacent to an activating group) is 1. The number of hydrogen-bond donors (Lipinski definition) is 1. The molecule has 0 saturated carbocycles. The van der Waals surface area contributed by atoms with Crippen molar-refractivity contribution in [1.82, 2.24) is 19.5 Å². The van der Waals surface area contributed by atoms with E-state index in [9.17, 15) is 14.9 Å². The van der Waals surface area contributed by atoms with E-state index in [-0.39, 0.29) is 12.4 Å². The van der Waals surface area contributed by atoms with Crippen molar-refractivity contribution in [3.05, 3.63) is 24.2 Å². The monoisotopic (exact) mass is 518 g/mol. The van der Waals surface area contributed by atoms with Crippen molar-refractivity contribution >= 4 is 23.5 Å². The first-order valence-electron chi connectivity index (χ1n) is 11.5. The van der Waals surface area contributed by atoms with Crippen LogP contribution in [-0.2, 0) is 38.8 Å².